The van der Waals surface area contributed by atoms with Crippen LogP contribution in [0.4, 0.5) is 5.69 Å². The van der Waals surface area contributed by atoms with Gasteiger partial charge in [0.2, 0.25) is 6.10 Å². The number of anilines is 1. The molecule has 130 valence electrons. The number of β-lactam (4-membered cyclic amide) rings is 1. The number of carboxylic acid groups (broad SMARTS) is 1. The van der Waals surface area contributed by atoms with E-state index in [-0.39, 0.29) is 0 Å². The Labute approximate surface area is 144 Å². The summed E-state index contributed by atoms with van der Waals surface area (Å²) in [5.41, 5.74) is 0.479. The van der Waals surface area contributed by atoms with Crippen molar-refractivity contribution in [3.05, 3.63) is 48.5 Å². The summed E-state index contributed by atoms with van der Waals surface area (Å²) in [5, 5.41) is 9.50. The summed E-state index contributed by atoms with van der Waals surface area (Å²) >= 11 is 0. The Morgan fingerprint density at radius 3 is 1.88 bits per heavy atom. The fourth-order valence-corrected chi connectivity index (χ4v) is 2.65. The smallest absolute Gasteiger partial charge is 0.331 e. The van der Waals surface area contributed by atoms with Crippen molar-refractivity contribution < 1.29 is 28.9 Å². The van der Waals surface area contributed by atoms with Crippen molar-refractivity contribution in [1.29, 1.82) is 0 Å². The number of amides is 1. The largest absolute Gasteiger partial charge is 0.497 e. The predicted molar refractivity (Wildman–Crippen MR) is 89.3 cm³/mol. The summed E-state index contributed by atoms with van der Waals surface area (Å²) in [6.07, 6.45) is -1.08. The Bertz CT molecular complexity index is 771. The highest BCUT2D eigenvalue weighted by Gasteiger charge is 2.54. The van der Waals surface area contributed by atoms with E-state index in [0.717, 1.165) is 0 Å². The molecule has 3 rings (SSSR count). The van der Waals surface area contributed by atoms with E-state index in [9.17, 15) is 14.7 Å². The zero-order valence-corrected chi connectivity index (χ0v) is 13.7. The molecule has 1 N–H and O–H groups in total. The third-order valence-corrected chi connectivity index (χ3v) is 3.97. The van der Waals surface area contributed by atoms with Crippen LogP contribution in [0.3, 0.4) is 0 Å². The van der Waals surface area contributed by atoms with E-state index in [4.69, 9.17) is 14.2 Å². The van der Waals surface area contributed by atoms with Crippen molar-refractivity contribution in [2.75, 3.05) is 19.1 Å². The van der Waals surface area contributed by atoms with E-state index in [1.807, 2.05) is 0 Å². The second-order valence-corrected chi connectivity index (χ2v) is 5.40. The lowest BCUT2D eigenvalue weighted by Crippen LogP contribution is -2.70. The molecule has 0 radical (unpaired) electrons. The molecule has 25 heavy (non-hydrogen) atoms. The SMILES string of the molecule is COc1ccc(O[C@@H]2C(=O)N(c3ccc(OC)cc3)[C@@H]2C(=O)O)cc1. The zero-order chi connectivity index (χ0) is 18.0. The van der Waals surface area contributed by atoms with Crippen molar-refractivity contribution in [2.45, 2.75) is 12.1 Å². The molecule has 0 saturated carbocycles. The molecule has 7 heteroatoms. The number of aliphatic carboxylic acids is 1. The zero-order valence-electron chi connectivity index (χ0n) is 13.7. The molecule has 1 fully saturated rings. The van der Waals surface area contributed by atoms with Gasteiger partial charge < -0.3 is 19.3 Å². The van der Waals surface area contributed by atoms with Gasteiger partial charge in [0.05, 0.1) is 14.2 Å². The van der Waals surface area contributed by atoms with Gasteiger partial charge >= 0.3 is 5.97 Å². The van der Waals surface area contributed by atoms with Crippen LogP contribution in [-0.4, -0.2) is 43.3 Å². The summed E-state index contributed by atoms with van der Waals surface area (Å²) in [6, 6.07) is 12.1. The Kier molecular flexibility index (Phi) is 4.47. The van der Waals surface area contributed by atoms with Crippen molar-refractivity contribution in [2.24, 2.45) is 0 Å². The molecule has 1 heterocycles. The van der Waals surface area contributed by atoms with Crippen LogP contribution in [-0.2, 0) is 9.59 Å². The number of hydrogen-bond donors (Lipinski definition) is 1. The molecule has 2 atom stereocenters. The molecule has 0 spiro atoms. The van der Waals surface area contributed by atoms with Crippen molar-refractivity contribution in [1.82, 2.24) is 0 Å². The van der Waals surface area contributed by atoms with E-state index >= 15 is 0 Å². The van der Waals surface area contributed by atoms with E-state index in [1.165, 1.54) is 12.0 Å². The summed E-state index contributed by atoms with van der Waals surface area (Å²) < 4.78 is 15.7. The first kappa shape index (κ1) is 16.6. The third kappa shape index (κ3) is 3.08. The number of carboxylic acids is 1. The summed E-state index contributed by atoms with van der Waals surface area (Å²) in [6.45, 7) is 0. The number of nitrogens with zero attached hydrogens (tertiary/aromatic N) is 1. The highest BCUT2D eigenvalue weighted by atomic mass is 16.5. The lowest BCUT2D eigenvalue weighted by Gasteiger charge is -2.43. The van der Waals surface area contributed by atoms with Gasteiger partial charge in [0.25, 0.3) is 5.91 Å². The van der Waals surface area contributed by atoms with Crippen LogP contribution in [0.1, 0.15) is 0 Å². The Morgan fingerprint density at radius 1 is 0.920 bits per heavy atom. The fraction of sp³-hybridized carbons (Fsp3) is 0.222. The molecule has 0 unspecified atom stereocenters. The number of hydrogen-bond acceptors (Lipinski definition) is 5. The molecule has 1 aliphatic heterocycles. The second kappa shape index (κ2) is 6.72. The van der Waals surface area contributed by atoms with Crippen LogP contribution in [0.5, 0.6) is 17.2 Å². The monoisotopic (exact) mass is 343 g/mol. The lowest BCUT2D eigenvalue weighted by molar-refractivity contribution is -0.152. The molecule has 1 aliphatic rings. The molecule has 2 aromatic rings. The maximum atomic E-state index is 12.4. The second-order valence-electron chi connectivity index (χ2n) is 5.40. The first-order valence-corrected chi connectivity index (χ1v) is 7.56. The average Bonchev–Trinajstić information content (AvgIpc) is 2.64. The molecular weight excluding hydrogens is 326 g/mol. The van der Waals surface area contributed by atoms with Crippen LogP contribution in [0.2, 0.25) is 0 Å². The van der Waals surface area contributed by atoms with E-state index < -0.39 is 24.0 Å². The highest BCUT2D eigenvalue weighted by Crippen LogP contribution is 2.32. The van der Waals surface area contributed by atoms with Crippen molar-refractivity contribution >= 4 is 17.6 Å². The molecule has 1 amide bonds. The van der Waals surface area contributed by atoms with Crippen molar-refractivity contribution in [3.63, 3.8) is 0 Å². The maximum Gasteiger partial charge on any atom is 0.331 e. The number of carbonyl (C=O) groups is 2. The average molecular weight is 343 g/mol. The first-order chi connectivity index (χ1) is 12.0. The number of ether oxygens (including phenoxy) is 3. The number of methoxy groups -OCH3 is 2. The standard InChI is InChI=1S/C18H17NO6/c1-23-12-5-3-11(4-6-12)19-15(18(21)22)16(17(19)20)25-14-9-7-13(24-2)8-10-14/h3-10,15-16H,1-2H3,(H,21,22)/t15-,16-/m0/s1. The van der Waals surface area contributed by atoms with Gasteiger partial charge in [0.1, 0.15) is 17.2 Å². The van der Waals surface area contributed by atoms with Crippen LogP contribution in [0, 0.1) is 0 Å². The Hall–Kier alpha value is -3.22. The molecule has 1 saturated heterocycles. The van der Waals surface area contributed by atoms with Crippen molar-refractivity contribution in [3.8, 4) is 17.2 Å². The lowest BCUT2D eigenvalue weighted by atomic mass is 9.96. The van der Waals surface area contributed by atoms with E-state index in [0.29, 0.717) is 22.9 Å². The number of benzene rings is 2. The Balaban J connectivity index is 1.79. The number of rotatable bonds is 6. The molecular formula is C18H17NO6. The number of carbonyl (C=O) groups excluding carboxylic acids is 1. The third-order valence-electron chi connectivity index (χ3n) is 3.97. The van der Waals surface area contributed by atoms with Gasteiger partial charge in [-0.05, 0) is 48.5 Å². The molecule has 0 bridgehead atoms. The molecule has 7 nitrogen and oxygen atoms in total. The quantitative estimate of drug-likeness (QED) is 0.807. The fourth-order valence-electron chi connectivity index (χ4n) is 2.65. The minimum absolute atomic E-state index is 0.403. The topological polar surface area (TPSA) is 85.3 Å². The highest BCUT2D eigenvalue weighted by molar-refractivity contribution is 6.12. The van der Waals surface area contributed by atoms with Crippen LogP contribution >= 0.6 is 0 Å². The van der Waals surface area contributed by atoms with Gasteiger partial charge in [-0.3, -0.25) is 9.69 Å². The maximum absolute atomic E-state index is 12.4. The van der Waals surface area contributed by atoms with Gasteiger partial charge in [-0.25, -0.2) is 4.79 Å². The minimum atomic E-state index is -1.13. The molecule has 0 aliphatic carbocycles. The first-order valence-electron chi connectivity index (χ1n) is 7.56. The van der Waals surface area contributed by atoms with Gasteiger partial charge in [0, 0.05) is 5.69 Å². The van der Waals surface area contributed by atoms with Gasteiger partial charge in [-0.15, -0.1) is 0 Å². The summed E-state index contributed by atoms with van der Waals surface area (Å²) in [4.78, 5) is 25.3. The predicted octanol–water partition coefficient (Wildman–Crippen LogP) is 1.95. The molecule has 2 aromatic carbocycles. The van der Waals surface area contributed by atoms with Gasteiger partial charge in [-0.2, -0.15) is 0 Å². The summed E-state index contributed by atoms with van der Waals surface area (Å²) in [7, 11) is 3.07. The minimum Gasteiger partial charge on any atom is -0.497 e. The Morgan fingerprint density at radius 2 is 1.40 bits per heavy atom. The van der Waals surface area contributed by atoms with Crippen LogP contribution in [0.15, 0.2) is 48.5 Å². The van der Waals surface area contributed by atoms with Gasteiger partial charge in [0.15, 0.2) is 6.04 Å². The molecule has 0 aromatic heterocycles. The van der Waals surface area contributed by atoms with Gasteiger partial charge in [-0.1, -0.05) is 0 Å². The van der Waals surface area contributed by atoms with Crippen LogP contribution < -0.4 is 19.1 Å². The van der Waals surface area contributed by atoms with E-state index in [2.05, 4.69) is 0 Å². The van der Waals surface area contributed by atoms with Crippen LogP contribution in [0.25, 0.3) is 0 Å². The normalized spacial score (nSPS) is 19.1. The summed E-state index contributed by atoms with van der Waals surface area (Å²) in [5.74, 6) is 0.124. The van der Waals surface area contributed by atoms with E-state index in [1.54, 1.807) is 55.6 Å².